The number of carbonyl (C=O) groups is 2. The summed E-state index contributed by atoms with van der Waals surface area (Å²) < 4.78 is 16.9. The normalized spacial score (nSPS) is 15.7. The van der Waals surface area contributed by atoms with Gasteiger partial charge in [0.1, 0.15) is 30.4 Å². The molecule has 4 rings (SSSR count). The van der Waals surface area contributed by atoms with Crippen molar-refractivity contribution < 1.29 is 23.5 Å². The quantitative estimate of drug-likeness (QED) is 0.532. The minimum atomic E-state index is -0.635. The second kappa shape index (κ2) is 8.55. The van der Waals surface area contributed by atoms with Gasteiger partial charge in [-0.05, 0) is 52.4 Å². The fourth-order valence-corrected chi connectivity index (χ4v) is 3.04. The fraction of sp³-hybridized carbons (Fsp3) is 0.263. The van der Waals surface area contributed by atoms with Gasteiger partial charge in [-0.3, -0.25) is 9.59 Å². The maximum atomic E-state index is 12.8. The van der Waals surface area contributed by atoms with Gasteiger partial charge in [-0.25, -0.2) is 9.69 Å². The van der Waals surface area contributed by atoms with Gasteiger partial charge in [0.25, 0.3) is 5.91 Å². The molecule has 0 saturated carbocycles. The second-order valence-corrected chi connectivity index (χ2v) is 6.42. The molecular weight excluding hydrogens is 392 g/mol. The van der Waals surface area contributed by atoms with Crippen LogP contribution in [0.4, 0.5) is 0 Å². The van der Waals surface area contributed by atoms with Gasteiger partial charge >= 0.3 is 5.97 Å². The standard InChI is InChI=1S/C19H18N6O5/c1-28-14-6-4-13(5-7-14)15-9-16(17-3-2-8-29-17)25(21-15)18(26)11-30-19(27)10-24-12-20-22-23-24/h2-8,12,16H,9-11H2,1H3. The van der Waals surface area contributed by atoms with E-state index in [1.807, 2.05) is 24.3 Å². The van der Waals surface area contributed by atoms with Crippen molar-refractivity contribution in [2.45, 2.75) is 19.0 Å². The highest BCUT2D eigenvalue weighted by atomic mass is 16.5. The molecule has 1 unspecified atom stereocenters. The number of hydrogen-bond acceptors (Lipinski definition) is 9. The van der Waals surface area contributed by atoms with Crippen molar-refractivity contribution >= 4 is 17.6 Å². The zero-order chi connectivity index (χ0) is 20.9. The van der Waals surface area contributed by atoms with E-state index in [0.29, 0.717) is 17.9 Å². The number of rotatable bonds is 7. The summed E-state index contributed by atoms with van der Waals surface area (Å²) in [6, 6.07) is 10.5. The number of hydrazone groups is 1. The van der Waals surface area contributed by atoms with E-state index < -0.39 is 24.5 Å². The fourth-order valence-electron chi connectivity index (χ4n) is 3.04. The first kappa shape index (κ1) is 19.3. The Morgan fingerprint density at radius 1 is 1.23 bits per heavy atom. The third-order valence-corrected chi connectivity index (χ3v) is 4.50. The molecule has 1 atom stereocenters. The van der Waals surface area contributed by atoms with Crippen LogP contribution in [-0.2, 0) is 20.9 Å². The number of furan rings is 1. The lowest BCUT2D eigenvalue weighted by molar-refractivity contribution is -0.153. The Kier molecular flexibility index (Phi) is 5.50. The van der Waals surface area contributed by atoms with Crippen molar-refractivity contribution in [3.05, 3.63) is 60.3 Å². The van der Waals surface area contributed by atoms with E-state index in [-0.39, 0.29) is 6.54 Å². The molecule has 1 aromatic carbocycles. The number of carbonyl (C=O) groups excluding carboxylic acids is 2. The van der Waals surface area contributed by atoms with Crippen molar-refractivity contribution in [2.24, 2.45) is 5.10 Å². The largest absolute Gasteiger partial charge is 0.497 e. The summed E-state index contributed by atoms with van der Waals surface area (Å²) in [5, 5.41) is 16.2. The van der Waals surface area contributed by atoms with Crippen molar-refractivity contribution in [3.63, 3.8) is 0 Å². The van der Waals surface area contributed by atoms with Crippen LogP contribution in [0.2, 0.25) is 0 Å². The van der Waals surface area contributed by atoms with Gasteiger partial charge in [0.15, 0.2) is 6.61 Å². The zero-order valence-electron chi connectivity index (χ0n) is 16.0. The molecule has 3 aromatic rings. The number of tetrazole rings is 1. The summed E-state index contributed by atoms with van der Waals surface area (Å²) in [6.45, 7) is -0.653. The van der Waals surface area contributed by atoms with Crippen molar-refractivity contribution in [3.8, 4) is 5.75 Å². The van der Waals surface area contributed by atoms with E-state index in [4.69, 9.17) is 13.9 Å². The summed E-state index contributed by atoms with van der Waals surface area (Å²) in [4.78, 5) is 24.7. The Bertz CT molecular complexity index is 1030. The van der Waals surface area contributed by atoms with Gasteiger partial charge in [-0.15, -0.1) is 5.10 Å². The lowest BCUT2D eigenvalue weighted by atomic mass is 10.0. The number of ether oxygens (including phenoxy) is 2. The lowest BCUT2D eigenvalue weighted by Gasteiger charge is -2.19. The van der Waals surface area contributed by atoms with Crippen LogP contribution >= 0.6 is 0 Å². The minimum absolute atomic E-state index is 0.192. The Hall–Kier alpha value is -4.02. The summed E-state index contributed by atoms with van der Waals surface area (Å²) in [5.74, 6) is 0.215. The van der Waals surface area contributed by atoms with E-state index in [2.05, 4.69) is 20.6 Å². The van der Waals surface area contributed by atoms with Crippen molar-refractivity contribution in [2.75, 3.05) is 13.7 Å². The first-order chi connectivity index (χ1) is 14.6. The van der Waals surface area contributed by atoms with Gasteiger partial charge in [0.05, 0.1) is 19.1 Å². The van der Waals surface area contributed by atoms with Crippen molar-refractivity contribution in [1.82, 2.24) is 25.2 Å². The van der Waals surface area contributed by atoms with Crippen LogP contribution in [0.25, 0.3) is 0 Å². The van der Waals surface area contributed by atoms with Crippen LogP contribution in [0.15, 0.2) is 58.5 Å². The van der Waals surface area contributed by atoms with E-state index in [9.17, 15) is 9.59 Å². The molecule has 0 fully saturated rings. The highest BCUT2D eigenvalue weighted by molar-refractivity contribution is 6.03. The topological polar surface area (TPSA) is 125 Å². The average Bonchev–Trinajstić information content (AvgIpc) is 3.53. The van der Waals surface area contributed by atoms with Crippen molar-refractivity contribution in [1.29, 1.82) is 0 Å². The number of nitrogens with zero attached hydrogens (tertiary/aromatic N) is 6. The highest BCUT2D eigenvalue weighted by Gasteiger charge is 2.35. The molecule has 3 heterocycles. The lowest BCUT2D eigenvalue weighted by Crippen LogP contribution is -2.31. The van der Waals surface area contributed by atoms with Gasteiger partial charge < -0.3 is 13.9 Å². The zero-order valence-corrected chi connectivity index (χ0v) is 16.0. The maximum Gasteiger partial charge on any atom is 0.328 e. The molecule has 11 nitrogen and oxygen atoms in total. The highest BCUT2D eigenvalue weighted by Crippen LogP contribution is 2.33. The first-order valence-corrected chi connectivity index (χ1v) is 9.08. The smallest absolute Gasteiger partial charge is 0.328 e. The van der Waals surface area contributed by atoms with Crippen LogP contribution in [0.3, 0.4) is 0 Å². The molecule has 0 saturated heterocycles. The van der Waals surface area contributed by atoms with E-state index >= 15 is 0 Å². The number of aromatic nitrogens is 4. The average molecular weight is 410 g/mol. The van der Waals surface area contributed by atoms with Gasteiger partial charge in [-0.2, -0.15) is 5.10 Å². The summed E-state index contributed by atoms with van der Waals surface area (Å²) in [6.07, 6.45) is 3.28. The number of benzene rings is 1. The van der Waals surface area contributed by atoms with Crippen LogP contribution in [-0.4, -0.2) is 56.5 Å². The maximum absolute atomic E-state index is 12.8. The van der Waals surface area contributed by atoms with Gasteiger partial charge in [0.2, 0.25) is 0 Å². The molecule has 154 valence electrons. The molecule has 0 N–H and O–H groups in total. The predicted octanol–water partition coefficient (Wildman–Crippen LogP) is 1.20. The third kappa shape index (κ3) is 4.19. The number of hydrogen-bond donors (Lipinski definition) is 0. The molecular formula is C19H18N6O5. The molecule has 2 aromatic heterocycles. The molecule has 0 radical (unpaired) electrons. The SMILES string of the molecule is COc1ccc(C2=NN(C(=O)COC(=O)Cn3cnnn3)C(c3ccco3)C2)cc1. The monoisotopic (exact) mass is 410 g/mol. The van der Waals surface area contributed by atoms with Crippen LogP contribution in [0, 0.1) is 0 Å². The first-order valence-electron chi connectivity index (χ1n) is 9.08. The summed E-state index contributed by atoms with van der Waals surface area (Å²) in [7, 11) is 1.59. The molecule has 0 bridgehead atoms. The predicted molar refractivity (Wildman–Crippen MR) is 101 cm³/mol. The Morgan fingerprint density at radius 3 is 2.73 bits per heavy atom. The summed E-state index contributed by atoms with van der Waals surface area (Å²) in [5.41, 5.74) is 1.57. The molecule has 1 amide bonds. The molecule has 0 aliphatic carbocycles. The molecule has 1 aliphatic heterocycles. The summed E-state index contributed by atoms with van der Waals surface area (Å²) >= 11 is 0. The number of esters is 1. The van der Waals surface area contributed by atoms with Gasteiger partial charge in [0, 0.05) is 6.42 Å². The second-order valence-electron chi connectivity index (χ2n) is 6.42. The van der Waals surface area contributed by atoms with Crippen LogP contribution in [0.1, 0.15) is 23.8 Å². The van der Waals surface area contributed by atoms with E-state index in [0.717, 1.165) is 11.3 Å². The number of methoxy groups -OCH3 is 1. The Morgan fingerprint density at radius 2 is 2.07 bits per heavy atom. The Balaban J connectivity index is 1.47. The molecule has 11 heteroatoms. The van der Waals surface area contributed by atoms with E-state index in [1.165, 1.54) is 22.3 Å². The molecule has 0 spiro atoms. The number of amides is 1. The Labute approximate surface area is 170 Å². The van der Waals surface area contributed by atoms with Crippen LogP contribution in [0.5, 0.6) is 5.75 Å². The molecule has 30 heavy (non-hydrogen) atoms. The molecule has 1 aliphatic rings. The van der Waals surface area contributed by atoms with E-state index in [1.54, 1.807) is 19.2 Å². The van der Waals surface area contributed by atoms with Crippen LogP contribution < -0.4 is 4.74 Å². The minimum Gasteiger partial charge on any atom is -0.497 e. The third-order valence-electron chi connectivity index (χ3n) is 4.50. The van der Waals surface area contributed by atoms with Gasteiger partial charge in [-0.1, -0.05) is 0 Å².